The fourth-order valence-corrected chi connectivity index (χ4v) is 4.64. The van der Waals surface area contributed by atoms with Crippen LogP contribution in [-0.4, -0.2) is 57.5 Å². The molecule has 200 valence electrons. The summed E-state index contributed by atoms with van der Waals surface area (Å²) in [5.41, 5.74) is -1.57. The van der Waals surface area contributed by atoms with E-state index in [1.54, 1.807) is 38.3 Å². The topological polar surface area (TPSA) is 98.1 Å². The second-order valence-corrected chi connectivity index (χ2v) is 10.5. The Bertz CT molecular complexity index is 1310. The number of nitrogens with zero attached hydrogens (tertiary/aromatic N) is 2. The molecule has 0 spiro atoms. The molecular formula is C27H32F2N2O6. The van der Waals surface area contributed by atoms with E-state index in [1.807, 2.05) is 0 Å². The molecule has 37 heavy (non-hydrogen) atoms. The number of aromatic nitrogens is 1. The number of carbonyl (C=O) groups is 2. The largest absolute Gasteiger partial charge is 0.462 e. The van der Waals surface area contributed by atoms with Crippen molar-refractivity contribution in [1.29, 1.82) is 0 Å². The number of halogens is 2. The summed E-state index contributed by atoms with van der Waals surface area (Å²) in [6.07, 6.45) is 5.18. The summed E-state index contributed by atoms with van der Waals surface area (Å²) in [4.78, 5) is 39.5. The van der Waals surface area contributed by atoms with Crippen LogP contribution < -0.4 is 5.43 Å². The highest BCUT2D eigenvalue weighted by Gasteiger charge is 2.36. The van der Waals surface area contributed by atoms with Gasteiger partial charge in [0, 0.05) is 23.8 Å². The van der Waals surface area contributed by atoms with Crippen molar-refractivity contribution in [3.05, 3.63) is 51.3 Å². The van der Waals surface area contributed by atoms with Gasteiger partial charge in [0.25, 0.3) is 0 Å². The molecule has 1 N–H and O–H groups in total. The minimum Gasteiger partial charge on any atom is -0.462 e. The van der Waals surface area contributed by atoms with Gasteiger partial charge in [-0.25, -0.2) is 18.4 Å². The number of amides is 1. The lowest BCUT2D eigenvalue weighted by molar-refractivity contribution is 0.0210. The quantitative estimate of drug-likeness (QED) is 0.563. The smallest absolute Gasteiger partial charge is 0.410 e. The molecule has 0 radical (unpaired) electrons. The summed E-state index contributed by atoms with van der Waals surface area (Å²) >= 11 is 0. The highest BCUT2D eigenvalue weighted by molar-refractivity contribution is 5.96. The molecule has 1 aliphatic carbocycles. The molecule has 0 bridgehead atoms. The third kappa shape index (κ3) is 5.69. The van der Waals surface area contributed by atoms with E-state index >= 15 is 4.39 Å². The van der Waals surface area contributed by atoms with Crippen molar-refractivity contribution in [1.82, 2.24) is 9.47 Å². The Morgan fingerprint density at radius 1 is 1.24 bits per heavy atom. The van der Waals surface area contributed by atoms with Crippen LogP contribution in [0.1, 0.15) is 75.3 Å². The van der Waals surface area contributed by atoms with E-state index in [4.69, 9.17) is 9.47 Å². The predicted octanol–water partition coefficient (Wildman–Crippen LogP) is 4.56. The van der Waals surface area contributed by atoms with Gasteiger partial charge in [-0.3, -0.25) is 4.79 Å². The van der Waals surface area contributed by atoms with E-state index in [-0.39, 0.29) is 47.6 Å². The van der Waals surface area contributed by atoms with Gasteiger partial charge in [-0.15, -0.1) is 0 Å². The first-order valence-corrected chi connectivity index (χ1v) is 12.5. The number of β-amino-alcohol motifs (C(OH)–C–C–N with tert-alkyl or cyclic N) is 1. The molecule has 0 unspecified atom stereocenters. The van der Waals surface area contributed by atoms with Crippen LogP contribution >= 0.6 is 0 Å². The number of aliphatic hydroxyl groups is 1. The zero-order valence-electron chi connectivity index (χ0n) is 21.4. The molecule has 2 aromatic rings. The molecule has 2 heterocycles. The van der Waals surface area contributed by atoms with Gasteiger partial charge in [-0.2, -0.15) is 0 Å². The van der Waals surface area contributed by atoms with Crippen LogP contribution in [0.5, 0.6) is 0 Å². The highest BCUT2D eigenvalue weighted by Crippen LogP contribution is 2.39. The van der Waals surface area contributed by atoms with Gasteiger partial charge in [0.15, 0.2) is 11.6 Å². The van der Waals surface area contributed by atoms with Crippen molar-refractivity contribution in [3.8, 4) is 0 Å². The van der Waals surface area contributed by atoms with Crippen LogP contribution in [0.25, 0.3) is 17.0 Å². The first kappa shape index (κ1) is 26.8. The number of benzene rings is 1. The van der Waals surface area contributed by atoms with Crippen LogP contribution in [0.4, 0.5) is 13.6 Å². The summed E-state index contributed by atoms with van der Waals surface area (Å²) in [6.45, 7) is 7.04. The van der Waals surface area contributed by atoms with Gasteiger partial charge in [-0.05, 0) is 59.4 Å². The van der Waals surface area contributed by atoms with E-state index in [1.165, 1.54) is 17.2 Å². The van der Waals surface area contributed by atoms with Crippen molar-refractivity contribution in [2.75, 3.05) is 13.2 Å². The second-order valence-electron chi connectivity index (χ2n) is 10.5. The Hall–Kier alpha value is -3.27. The number of pyridine rings is 1. The lowest BCUT2D eigenvalue weighted by Crippen LogP contribution is -2.40. The predicted molar refractivity (Wildman–Crippen MR) is 133 cm³/mol. The van der Waals surface area contributed by atoms with E-state index < -0.39 is 46.9 Å². The third-order valence-electron chi connectivity index (χ3n) is 6.39. The number of ether oxygens (including phenoxy) is 2. The second kappa shape index (κ2) is 10.2. The number of hydrogen-bond donors (Lipinski definition) is 1. The van der Waals surface area contributed by atoms with E-state index in [0.29, 0.717) is 6.42 Å². The molecule has 2 atom stereocenters. The van der Waals surface area contributed by atoms with Crippen molar-refractivity contribution >= 4 is 29.0 Å². The lowest BCUT2D eigenvalue weighted by Gasteiger charge is -2.28. The molecule has 1 aromatic heterocycles. The third-order valence-corrected chi connectivity index (χ3v) is 6.39. The van der Waals surface area contributed by atoms with Gasteiger partial charge < -0.3 is 24.0 Å². The van der Waals surface area contributed by atoms with E-state index in [9.17, 15) is 23.9 Å². The molecule has 2 aliphatic rings. The maximum atomic E-state index is 15.1. The van der Waals surface area contributed by atoms with Gasteiger partial charge >= 0.3 is 12.1 Å². The molecule has 1 saturated carbocycles. The van der Waals surface area contributed by atoms with E-state index in [2.05, 4.69) is 0 Å². The molecule has 1 aliphatic heterocycles. The summed E-state index contributed by atoms with van der Waals surface area (Å²) < 4.78 is 41.8. The molecule has 1 aromatic carbocycles. The van der Waals surface area contributed by atoms with Crippen molar-refractivity contribution < 1.29 is 33.0 Å². The highest BCUT2D eigenvalue weighted by atomic mass is 19.2. The maximum absolute atomic E-state index is 15.1. The number of aliphatic hydroxyl groups excluding tert-OH is 1. The number of esters is 1. The normalized spacial score (nSPS) is 20.1. The Labute approximate surface area is 213 Å². The number of hydrogen-bond acceptors (Lipinski definition) is 6. The molecule has 1 saturated heterocycles. The first-order valence-electron chi connectivity index (χ1n) is 12.5. The molecule has 1 amide bonds. The number of likely N-dealkylation sites (tertiary alicyclic amines) is 1. The number of carbonyl (C=O) groups excluding carboxylic acids is 2. The molecule has 10 heteroatoms. The summed E-state index contributed by atoms with van der Waals surface area (Å²) in [6, 6.07) is 0.370. The van der Waals surface area contributed by atoms with Crippen LogP contribution in [0, 0.1) is 11.6 Å². The van der Waals surface area contributed by atoms with Crippen molar-refractivity contribution in [2.45, 2.75) is 77.2 Å². The number of rotatable bonds is 6. The summed E-state index contributed by atoms with van der Waals surface area (Å²) in [7, 11) is 0. The van der Waals surface area contributed by atoms with Crippen LogP contribution in [0.15, 0.2) is 23.1 Å². The zero-order valence-corrected chi connectivity index (χ0v) is 21.4. The SMILES string of the molecule is CCOC(=O)c1cn(C2CC2)c2c(C=CC[C@@H]3C[C@H](O)CN3C(=O)OC(C)(C)C)c(F)c(F)cc2c1=O. The minimum absolute atomic E-state index is 0.0547. The van der Waals surface area contributed by atoms with Crippen LogP contribution in [-0.2, 0) is 9.47 Å². The summed E-state index contributed by atoms with van der Waals surface area (Å²) in [5.74, 6) is -3.14. The van der Waals surface area contributed by atoms with Gasteiger partial charge in [-0.1, -0.05) is 12.2 Å². The molecule has 8 nitrogen and oxygen atoms in total. The molecule has 4 rings (SSSR count). The fourth-order valence-electron chi connectivity index (χ4n) is 4.64. The lowest BCUT2D eigenvalue weighted by atomic mass is 10.0. The van der Waals surface area contributed by atoms with E-state index in [0.717, 1.165) is 18.9 Å². The van der Waals surface area contributed by atoms with Gasteiger partial charge in [0.2, 0.25) is 5.43 Å². The number of fused-ring (bicyclic) bond motifs is 1. The fraction of sp³-hybridized carbons (Fsp3) is 0.519. The molecular weight excluding hydrogens is 486 g/mol. The average molecular weight is 519 g/mol. The van der Waals surface area contributed by atoms with Gasteiger partial charge in [0.1, 0.15) is 11.2 Å². The average Bonchev–Trinajstić information content (AvgIpc) is 3.58. The summed E-state index contributed by atoms with van der Waals surface area (Å²) in [5, 5.41) is 10.0. The molecule has 2 fully saturated rings. The monoisotopic (exact) mass is 518 g/mol. The first-order chi connectivity index (χ1) is 17.4. The standard InChI is InChI=1S/C27H32F2N2O6/c1-5-36-25(34)20-14-30(15-9-10-15)23-18(22(29)21(28)12-19(23)24(20)33)8-6-7-16-11-17(32)13-31(16)26(35)37-27(2,3)4/h6,8,12,14-17,32H,5,7,9-11,13H2,1-4H3/t16-,17+/m1/s1. The Kier molecular flexibility index (Phi) is 7.41. The zero-order chi connectivity index (χ0) is 27.1. The Morgan fingerprint density at radius 3 is 2.57 bits per heavy atom. The van der Waals surface area contributed by atoms with Gasteiger partial charge in [0.05, 0.1) is 30.2 Å². The van der Waals surface area contributed by atoms with Crippen LogP contribution in [0.3, 0.4) is 0 Å². The maximum Gasteiger partial charge on any atom is 0.410 e. The van der Waals surface area contributed by atoms with Crippen molar-refractivity contribution in [3.63, 3.8) is 0 Å². The van der Waals surface area contributed by atoms with Crippen LogP contribution in [0.2, 0.25) is 0 Å². The van der Waals surface area contributed by atoms with Crippen molar-refractivity contribution in [2.24, 2.45) is 0 Å². The minimum atomic E-state index is -1.21. The Morgan fingerprint density at radius 2 is 1.95 bits per heavy atom. The Balaban J connectivity index is 1.71.